The van der Waals surface area contributed by atoms with Crippen LogP contribution in [0.3, 0.4) is 0 Å². The van der Waals surface area contributed by atoms with Crippen LogP contribution >= 0.6 is 0 Å². The molecule has 0 N–H and O–H groups in total. The predicted octanol–water partition coefficient (Wildman–Crippen LogP) is 3.16. The summed E-state index contributed by atoms with van der Waals surface area (Å²) >= 11 is 0. The maximum absolute atomic E-state index is 11.6. The van der Waals surface area contributed by atoms with E-state index in [-0.39, 0.29) is 12.1 Å². The Morgan fingerprint density at radius 2 is 2.04 bits per heavy atom. The van der Waals surface area contributed by atoms with Gasteiger partial charge in [0, 0.05) is 31.4 Å². The van der Waals surface area contributed by atoms with Gasteiger partial charge in [-0.25, -0.2) is 4.79 Å². The van der Waals surface area contributed by atoms with Crippen LogP contribution in [0.4, 0.5) is 0 Å². The standard InChI is InChI=1S/C21H27NO4/c23-20-17-5-4-16(12-15(17)13-25-20)26-19-3-1-2-18(19)22-9-6-21(14-22)7-10-24-11-8-21/h4-5,12,18-19H,1-3,6-11,13-14H2. The highest BCUT2D eigenvalue weighted by Crippen LogP contribution is 2.42. The topological polar surface area (TPSA) is 48.0 Å². The van der Waals surface area contributed by atoms with E-state index in [9.17, 15) is 4.79 Å². The molecule has 3 heterocycles. The van der Waals surface area contributed by atoms with Crippen molar-refractivity contribution in [3.05, 3.63) is 29.3 Å². The number of cyclic esters (lactones) is 1. The lowest BCUT2D eigenvalue weighted by Gasteiger charge is -2.35. The Morgan fingerprint density at radius 1 is 1.15 bits per heavy atom. The van der Waals surface area contributed by atoms with Gasteiger partial charge in [-0.15, -0.1) is 0 Å². The number of fused-ring (bicyclic) bond motifs is 1. The SMILES string of the molecule is O=C1OCc2cc(OC3CCCC3N3CCC4(CCOCC4)C3)ccc21. The van der Waals surface area contributed by atoms with Crippen LogP contribution in [0.2, 0.25) is 0 Å². The molecule has 26 heavy (non-hydrogen) atoms. The number of esters is 1. The molecule has 0 amide bonds. The molecule has 0 radical (unpaired) electrons. The van der Waals surface area contributed by atoms with Gasteiger partial charge in [-0.05, 0) is 68.7 Å². The number of likely N-dealkylation sites (tertiary alicyclic amines) is 1. The molecule has 3 fully saturated rings. The fourth-order valence-electron chi connectivity index (χ4n) is 5.28. The molecule has 5 nitrogen and oxygen atoms in total. The second kappa shape index (κ2) is 6.54. The number of benzene rings is 1. The first-order chi connectivity index (χ1) is 12.7. The van der Waals surface area contributed by atoms with Gasteiger partial charge in [0.2, 0.25) is 0 Å². The molecular weight excluding hydrogens is 330 g/mol. The largest absolute Gasteiger partial charge is 0.489 e. The molecule has 2 atom stereocenters. The van der Waals surface area contributed by atoms with Crippen molar-refractivity contribution in [3.8, 4) is 5.75 Å². The maximum atomic E-state index is 11.6. The molecule has 1 spiro atoms. The van der Waals surface area contributed by atoms with Crippen molar-refractivity contribution in [3.63, 3.8) is 0 Å². The van der Waals surface area contributed by atoms with Gasteiger partial charge in [0.15, 0.2) is 0 Å². The number of rotatable bonds is 3. The smallest absolute Gasteiger partial charge is 0.338 e. The van der Waals surface area contributed by atoms with Crippen LogP contribution in [0.1, 0.15) is 54.4 Å². The van der Waals surface area contributed by atoms with E-state index in [2.05, 4.69) is 4.90 Å². The molecule has 5 heteroatoms. The summed E-state index contributed by atoms with van der Waals surface area (Å²) in [5.74, 6) is 0.656. The molecule has 3 aliphatic heterocycles. The van der Waals surface area contributed by atoms with E-state index in [1.807, 2.05) is 18.2 Å². The van der Waals surface area contributed by atoms with Gasteiger partial charge in [-0.2, -0.15) is 0 Å². The molecule has 5 rings (SSSR count). The van der Waals surface area contributed by atoms with Crippen LogP contribution in [0.15, 0.2) is 18.2 Å². The lowest BCUT2D eigenvalue weighted by molar-refractivity contribution is 0.0131. The van der Waals surface area contributed by atoms with Crippen LogP contribution in [0.25, 0.3) is 0 Å². The molecule has 0 bridgehead atoms. The third-order valence-corrected chi connectivity index (χ3v) is 6.85. The summed E-state index contributed by atoms with van der Waals surface area (Å²) in [6.07, 6.45) is 7.54. The normalized spacial score (nSPS) is 30.5. The number of carbonyl (C=O) groups excluding carboxylic acids is 1. The number of carbonyl (C=O) groups is 1. The fraction of sp³-hybridized carbons (Fsp3) is 0.667. The fourth-order valence-corrected chi connectivity index (χ4v) is 5.28. The first-order valence-electron chi connectivity index (χ1n) is 10.0. The summed E-state index contributed by atoms with van der Waals surface area (Å²) in [5, 5.41) is 0. The molecule has 140 valence electrons. The van der Waals surface area contributed by atoms with Gasteiger partial charge in [0.1, 0.15) is 18.5 Å². The Labute approximate surface area is 154 Å². The van der Waals surface area contributed by atoms with E-state index in [4.69, 9.17) is 14.2 Å². The monoisotopic (exact) mass is 357 g/mol. The van der Waals surface area contributed by atoms with Crippen LogP contribution < -0.4 is 4.74 Å². The van der Waals surface area contributed by atoms with Gasteiger partial charge >= 0.3 is 5.97 Å². The lowest BCUT2D eigenvalue weighted by Crippen LogP contribution is -2.43. The zero-order valence-electron chi connectivity index (χ0n) is 15.2. The van der Waals surface area contributed by atoms with Crippen molar-refractivity contribution < 1.29 is 19.0 Å². The molecule has 1 aliphatic carbocycles. The summed E-state index contributed by atoms with van der Waals surface area (Å²) < 4.78 is 17.1. The highest BCUT2D eigenvalue weighted by atomic mass is 16.5. The molecule has 1 saturated carbocycles. The van der Waals surface area contributed by atoms with Gasteiger partial charge in [-0.3, -0.25) is 4.90 Å². The van der Waals surface area contributed by atoms with Crippen molar-refractivity contribution in [1.82, 2.24) is 4.90 Å². The van der Waals surface area contributed by atoms with Crippen LogP contribution in [-0.2, 0) is 16.1 Å². The summed E-state index contributed by atoms with van der Waals surface area (Å²) in [6.45, 7) is 4.61. The van der Waals surface area contributed by atoms with E-state index in [0.717, 1.165) is 30.9 Å². The van der Waals surface area contributed by atoms with E-state index < -0.39 is 0 Å². The molecule has 2 unspecified atom stereocenters. The average Bonchev–Trinajstić information content (AvgIpc) is 3.36. The van der Waals surface area contributed by atoms with Gasteiger partial charge in [-0.1, -0.05) is 0 Å². The molecule has 1 aromatic rings. The minimum atomic E-state index is -0.218. The maximum Gasteiger partial charge on any atom is 0.338 e. The highest BCUT2D eigenvalue weighted by Gasteiger charge is 2.44. The number of hydrogen-bond acceptors (Lipinski definition) is 5. The van der Waals surface area contributed by atoms with Crippen molar-refractivity contribution in [2.75, 3.05) is 26.3 Å². The van der Waals surface area contributed by atoms with Crippen molar-refractivity contribution in [1.29, 1.82) is 0 Å². The van der Waals surface area contributed by atoms with E-state index in [0.29, 0.717) is 23.6 Å². The minimum Gasteiger partial charge on any atom is -0.489 e. The zero-order chi connectivity index (χ0) is 17.6. The minimum absolute atomic E-state index is 0.218. The van der Waals surface area contributed by atoms with Crippen LogP contribution in [0, 0.1) is 5.41 Å². The first kappa shape index (κ1) is 16.6. The predicted molar refractivity (Wildman–Crippen MR) is 96.3 cm³/mol. The average molecular weight is 357 g/mol. The highest BCUT2D eigenvalue weighted by molar-refractivity contribution is 5.93. The Kier molecular flexibility index (Phi) is 4.17. The van der Waals surface area contributed by atoms with E-state index in [1.165, 1.54) is 45.2 Å². The molecule has 4 aliphatic rings. The lowest BCUT2D eigenvalue weighted by atomic mass is 9.79. The first-order valence-corrected chi connectivity index (χ1v) is 10.0. The van der Waals surface area contributed by atoms with Gasteiger partial charge in [0.25, 0.3) is 0 Å². The summed E-state index contributed by atoms with van der Waals surface area (Å²) in [4.78, 5) is 14.3. The van der Waals surface area contributed by atoms with Crippen LogP contribution in [0.5, 0.6) is 5.75 Å². The second-order valence-corrected chi connectivity index (χ2v) is 8.38. The molecule has 1 aromatic carbocycles. The summed E-state index contributed by atoms with van der Waals surface area (Å²) in [6, 6.07) is 6.27. The Bertz CT molecular complexity index is 697. The molecule has 0 aromatic heterocycles. The van der Waals surface area contributed by atoms with Gasteiger partial charge < -0.3 is 14.2 Å². The summed E-state index contributed by atoms with van der Waals surface area (Å²) in [7, 11) is 0. The van der Waals surface area contributed by atoms with Crippen LogP contribution in [-0.4, -0.2) is 49.3 Å². The number of nitrogens with zero attached hydrogens (tertiary/aromatic N) is 1. The van der Waals surface area contributed by atoms with Crippen molar-refractivity contribution >= 4 is 5.97 Å². The summed E-state index contributed by atoms with van der Waals surface area (Å²) in [5.41, 5.74) is 2.11. The third-order valence-electron chi connectivity index (χ3n) is 6.85. The Morgan fingerprint density at radius 3 is 2.92 bits per heavy atom. The van der Waals surface area contributed by atoms with E-state index in [1.54, 1.807) is 0 Å². The third kappa shape index (κ3) is 2.91. The quantitative estimate of drug-likeness (QED) is 0.778. The Hall–Kier alpha value is -1.59. The second-order valence-electron chi connectivity index (χ2n) is 8.38. The Balaban J connectivity index is 1.27. The zero-order valence-corrected chi connectivity index (χ0v) is 15.2. The number of hydrogen-bond donors (Lipinski definition) is 0. The van der Waals surface area contributed by atoms with Crippen molar-refractivity contribution in [2.45, 2.75) is 57.3 Å². The number of ether oxygens (including phenoxy) is 3. The van der Waals surface area contributed by atoms with Gasteiger partial charge in [0.05, 0.1) is 5.56 Å². The molecular formula is C21H27NO4. The van der Waals surface area contributed by atoms with E-state index >= 15 is 0 Å². The molecule has 2 saturated heterocycles. The van der Waals surface area contributed by atoms with Crippen molar-refractivity contribution in [2.24, 2.45) is 5.41 Å².